The zero-order valence-corrected chi connectivity index (χ0v) is 13.8. The molecule has 25 heavy (non-hydrogen) atoms. The van der Waals surface area contributed by atoms with E-state index in [1.54, 1.807) is 10.9 Å². The van der Waals surface area contributed by atoms with Gasteiger partial charge in [-0.05, 0) is 38.3 Å². The molecule has 0 spiro atoms. The number of nitrogens with zero attached hydrogens (tertiary/aromatic N) is 6. The number of nitrogens with one attached hydrogen (secondary N) is 2. The number of hydrogen-bond acceptors (Lipinski definition) is 6. The summed E-state index contributed by atoms with van der Waals surface area (Å²) >= 11 is 0. The van der Waals surface area contributed by atoms with E-state index in [-0.39, 0.29) is 7.43 Å². The summed E-state index contributed by atoms with van der Waals surface area (Å²) in [5.41, 5.74) is 1.75. The number of aryl methyl sites for hydroxylation is 2. The molecule has 0 amide bonds. The zero-order chi connectivity index (χ0) is 16.4. The van der Waals surface area contributed by atoms with Gasteiger partial charge in [0.15, 0.2) is 5.65 Å². The van der Waals surface area contributed by atoms with E-state index < -0.39 is 0 Å². The van der Waals surface area contributed by atoms with Crippen LogP contribution in [0.5, 0.6) is 0 Å². The average molecular weight is 342 g/mol. The summed E-state index contributed by atoms with van der Waals surface area (Å²) in [6.45, 7) is 3.15. The molecule has 1 aliphatic heterocycles. The highest BCUT2D eigenvalue weighted by Gasteiger charge is 2.14. The molecular formula is C17H26N8. The quantitative estimate of drug-likeness (QED) is 0.740. The van der Waals surface area contributed by atoms with Crippen LogP contribution in [0.25, 0.3) is 11.0 Å². The predicted molar refractivity (Wildman–Crippen MR) is 98.8 cm³/mol. The molecule has 0 aliphatic carbocycles. The maximum atomic E-state index is 4.63. The maximum Gasteiger partial charge on any atom is 0.229 e. The third-order valence-corrected chi connectivity index (χ3v) is 4.49. The third-order valence-electron chi connectivity index (χ3n) is 4.49. The Morgan fingerprint density at radius 3 is 2.96 bits per heavy atom. The first kappa shape index (κ1) is 17.3. The van der Waals surface area contributed by atoms with Crippen molar-refractivity contribution in [3.63, 3.8) is 0 Å². The Bertz CT molecular complexity index is 815. The predicted octanol–water partition coefficient (Wildman–Crippen LogP) is 2.33. The minimum absolute atomic E-state index is 0. The Hall–Kier alpha value is -2.48. The van der Waals surface area contributed by atoms with Crippen LogP contribution in [0.1, 0.15) is 26.7 Å². The van der Waals surface area contributed by atoms with Crippen LogP contribution in [-0.4, -0.2) is 42.6 Å². The van der Waals surface area contributed by atoms with Gasteiger partial charge in [-0.1, -0.05) is 7.43 Å². The van der Waals surface area contributed by atoms with Crippen molar-refractivity contribution in [1.82, 2.24) is 34.8 Å². The van der Waals surface area contributed by atoms with E-state index >= 15 is 0 Å². The van der Waals surface area contributed by atoms with Gasteiger partial charge in [0.05, 0.1) is 23.5 Å². The van der Waals surface area contributed by atoms with Crippen LogP contribution in [0.15, 0.2) is 24.8 Å². The van der Waals surface area contributed by atoms with E-state index in [9.17, 15) is 0 Å². The Morgan fingerprint density at radius 1 is 1.28 bits per heavy atom. The Balaban J connectivity index is 0.00000182. The minimum Gasteiger partial charge on any atom is -0.321 e. The molecular weight excluding hydrogens is 316 g/mol. The standard InChI is InChI=1S/C16H22N8.CH4/c1-23-11-14(10-19-23)21-16-18-8-13-9-20-24(15(13)22-16)6-4-12-3-2-5-17-7-12;/h8-12,17H,2-7H2,1H3,(H,18,21,22);1H4. The number of fused-ring (bicyclic) bond motifs is 1. The lowest BCUT2D eigenvalue weighted by molar-refractivity contribution is 0.337. The Kier molecular flexibility index (Phi) is 5.28. The second-order valence-corrected chi connectivity index (χ2v) is 6.37. The van der Waals surface area contributed by atoms with Crippen molar-refractivity contribution < 1.29 is 0 Å². The van der Waals surface area contributed by atoms with Gasteiger partial charge in [-0.25, -0.2) is 9.67 Å². The Labute approximate surface area is 147 Å². The molecule has 0 bridgehead atoms. The van der Waals surface area contributed by atoms with E-state index in [4.69, 9.17) is 0 Å². The van der Waals surface area contributed by atoms with Crippen molar-refractivity contribution in [3.05, 3.63) is 24.8 Å². The molecule has 0 radical (unpaired) electrons. The molecule has 8 heteroatoms. The zero-order valence-electron chi connectivity index (χ0n) is 13.8. The topological polar surface area (TPSA) is 85.5 Å². The smallest absolute Gasteiger partial charge is 0.229 e. The highest BCUT2D eigenvalue weighted by Crippen LogP contribution is 2.19. The van der Waals surface area contributed by atoms with Crippen LogP contribution in [0.4, 0.5) is 11.6 Å². The number of hydrogen-bond donors (Lipinski definition) is 2. The average Bonchev–Trinajstić information content (AvgIpc) is 3.20. The Morgan fingerprint density at radius 2 is 2.20 bits per heavy atom. The largest absolute Gasteiger partial charge is 0.321 e. The molecule has 0 aromatic carbocycles. The molecule has 1 saturated heterocycles. The summed E-state index contributed by atoms with van der Waals surface area (Å²) in [4.78, 5) is 8.98. The summed E-state index contributed by atoms with van der Waals surface area (Å²) in [6.07, 6.45) is 11.0. The summed E-state index contributed by atoms with van der Waals surface area (Å²) in [6, 6.07) is 0. The van der Waals surface area contributed by atoms with Gasteiger partial charge >= 0.3 is 0 Å². The van der Waals surface area contributed by atoms with Gasteiger partial charge in [-0.2, -0.15) is 15.2 Å². The fourth-order valence-electron chi connectivity index (χ4n) is 3.18. The van der Waals surface area contributed by atoms with Gasteiger partial charge in [0.2, 0.25) is 5.95 Å². The molecule has 3 aromatic rings. The molecule has 1 aliphatic rings. The summed E-state index contributed by atoms with van der Waals surface area (Å²) < 4.78 is 3.73. The molecule has 1 fully saturated rings. The normalized spacial score (nSPS) is 17.4. The van der Waals surface area contributed by atoms with Gasteiger partial charge in [0.25, 0.3) is 0 Å². The summed E-state index contributed by atoms with van der Waals surface area (Å²) in [5, 5.41) is 16.2. The second kappa shape index (κ2) is 7.60. The van der Waals surface area contributed by atoms with Crippen molar-refractivity contribution in [2.24, 2.45) is 13.0 Å². The highest BCUT2D eigenvalue weighted by atomic mass is 15.3. The number of anilines is 2. The maximum absolute atomic E-state index is 4.63. The number of rotatable bonds is 5. The van der Waals surface area contributed by atoms with E-state index in [0.29, 0.717) is 5.95 Å². The van der Waals surface area contributed by atoms with Crippen molar-refractivity contribution in [1.29, 1.82) is 0 Å². The van der Waals surface area contributed by atoms with Crippen LogP contribution in [0, 0.1) is 5.92 Å². The molecule has 2 N–H and O–H groups in total. The summed E-state index contributed by atoms with van der Waals surface area (Å²) in [7, 11) is 1.88. The number of aromatic nitrogens is 6. The SMILES string of the molecule is C.Cn1cc(Nc2ncc3cnn(CCC4CCCNC4)c3n2)cn1. The second-order valence-electron chi connectivity index (χ2n) is 6.37. The van der Waals surface area contributed by atoms with Gasteiger partial charge in [-0.15, -0.1) is 0 Å². The van der Waals surface area contributed by atoms with Gasteiger partial charge in [0, 0.05) is 26.0 Å². The first-order valence-electron chi connectivity index (χ1n) is 8.43. The molecule has 1 atom stereocenters. The van der Waals surface area contributed by atoms with Crippen LogP contribution in [-0.2, 0) is 13.6 Å². The van der Waals surface area contributed by atoms with Crippen molar-refractivity contribution in [3.8, 4) is 0 Å². The van der Waals surface area contributed by atoms with Crippen LogP contribution >= 0.6 is 0 Å². The van der Waals surface area contributed by atoms with E-state index in [1.165, 1.54) is 12.8 Å². The van der Waals surface area contributed by atoms with Crippen molar-refractivity contribution in [2.45, 2.75) is 33.2 Å². The van der Waals surface area contributed by atoms with Gasteiger partial charge in [-0.3, -0.25) is 4.68 Å². The van der Waals surface area contributed by atoms with Crippen LogP contribution in [0.3, 0.4) is 0 Å². The molecule has 134 valence electrons. The number of piperidine rings is 1. The fraction of sp³-hybridized carbons (Fsp3) is 0.529. The van der Waals surface area contributed by atoms with Crippen LogP contribution < -0.4 is 10.6 Å². The molecule has 0 saturated carbocycles. The molecule has 3 aromatic heterocycles. The fourth-order valence-corrected chi connectivity index (χ4v) is 3.18. The lowest BCUT2D eigenvalue weighted by Gasteiger charge is -2.22. The van der Waals surface area contributed by atoms with Gasteiger partial charge in [0.1, 0.15) is 0 Å². The minimum atomic E-state index is 0. The highest BCUT2D eigenvalue weighted by molar-refractivity contribution is 5.75. The molecule has 8 nitrogen and oxygen atoms in total. The van der Waals surface area contributed by atoms with E-state index in [2.05, 4.69) is 30.8 Å². The summed E-state index contributed by atoms with van der Waals surface area (Å²) in [5.74, 6) is 1.30. The lowest BCUT2D eigenvalue weighted by atomic mass is 9.96. The monoisotopic (exact) mass is 342 g/mol. The van der Waals surface area contributed by atoms with E-state index in [0.717, 1.165) is 48.7 Å². The third kappa shape index (κ3) is 3.96. The first-order chi connectivity index (χ1) is 11.8. The van der Waals surface area contributed by atoms with Crippen molar-refractivity contribution >= 4 is 22.7 Å². The first-order valence-corrected chi connectivity index (χ1v) is 8.43. The van der Waals surface area contributed by atoms with Crippen molar-refractivity contribution in [2.75, 3.05) is 18.4 Å². The van der Waals surface area contributed by atoms with Gasteiger partial charge < -0.3 is 10.6 Å². The molecule has 4 rings (SSSR count). The van der Waals surface area contributed by atoms with E-state index in [1.807, 2.05) is 30.3 Å². The lowest BCUT2D eigenvalue weighted by Crippen LogP contribution is -2.30. The van der Waals surface area contributed by atoms with Crippen LogP contribution in [0.2, 0.25) is 0 Å². The molecule has 1 unspecified atom stereocenters. The molecule has 4 heterocycles.